The van der Waals surface area contributed by atoms with E-state index in [4.69, 9.17) is 16.3 Å². The van der Waals surface area contributed by atoms with Gasteiger partial charge in [0.2, 0.25) is 5.82 Å². The molecule has 7 nitrogen and oxygen atoms in total. The number of ether oxygens (including phenoxy) is 1. The number of aromatic amines is 1. The zero-order chi connectivity index (χ0) is 16.9. The van der Waals surface area contributed by atoms with Crippen LogP contribution in [0, 0.1) is 6.92 Å². The summed E-state index contributed by atoms with van der Waals surface area (Å²) in [5.41, 5.74) is 2.35. The highest BCUT2D eigenvalue weighted by atomic mass is 35.5. The van der Waals surface area contributed by atoms with Crippen LogP contribution in [0.2, 0.25) is 5.02 Å². The van der Waals surface area contributed by atoms with Crippen LogP contribution in [0.25, 0.3) is 11.4 Å². The van der Waals surface area contributed by atoms with Gasteiger partial charge in [-0.05, 0) is 60.2 Å². The number of aromatic nitrogens is 4. The van der Waals surface area contributed by atoms with Crippen molar-refractivity contribution in [3.05, 3.63) is 53.1 Å². The fourth-order valence-corrected chi connectivity index (χ4v) is 2.16. The molecular weight excluding hydrogens is 330 g/mol. The molecule has 0 radical (unpaired) electrons. The smallest absolute Gasteiger partial charge is 0.262 e. The van der Waals surface area contributed by atoms with Gasteiger partial charge in [-0.2, -0.15) is 5.21 Å². The van der Waals surface area contributed by atoms with Gasteiger partial charge in [0.15, 0.2) is 6.61 Å². The minimum atomic E-state index is -0.255. The van der Waals surface area contributed by atoms with Gasteiger partial charge in [0.05, 0.1) is 0 Å². The highest BCUT2D eigenvalue weighted by molar-refractivity contribution is 6.31. The molecule has 3 rings (SSSR count). The molecule has 0 aliphatic carbocycles. The van der Waals surface area contributed by atoms with E-state index in [-0.39, 0.29) is 12.5 Å². The topological polar surface area (TPSA) is 92.8 Å². The van der Waals surface area contributed by atoms with Crippen LogP contribution in [0.4, 0.5) is 5.69 Å². The summed E-state index contributed by atoms with van der Waals surface area (Å²) in [4.78, 5) is 11.9. The summed E-state index contributed by atoms with van der Waals surface area (Å²) in [6.07, 6.45) is 0. The zero-order valence-electron chi connectivity index (χ0n) is 12.8. The van der Waals surface area contributed by atoms with Gasteiger partial charge in [0, 0.05) is 16.3 Å². The summed E-state index contributed by atoms with van der Waals surface area (Å²) in [6.45, 7) is 1.79. The van der Waals surface area contributed by atoms with Gasteiger partial charge in [-0.1, -0.05) is 11.6 Å². The SMILES string of the molecule is Cc1cc(OCC(=O)Nc2ccc(-c3nn[nH]n3)cc2)ccc1Cl. The predicted octanol–water partition coefficient (Wildman–Crippen LogP) is 2.85. The average molecular weight is 344 g/mol. The van der Waals surface area contributed by atoms with Gasteiger partial charge in [-0.3, -0.25) is 4.79 Å². The molecule has 2 aromatic carbocycles. The second-order valence-electron chi connectivity index (χ2n) is 5.06. The lowest BCUT2D eigenvalue weighted by atomic mass is 10.2. The maximum Gasteiger partial charge on any atom is 0.262 e. The van der Waals surface area contributed by atoms with E-state index in [1.54, 1.807) is 42.5 Å². The number of benzene rings is 2. The van der Waals surface area contributed by atoms with Crippen molar-refractivity contribution in [2.24, 2.45) is 0 Å². The molecule has 0 spiro atoms. The molecule has 2 N–H and O–H groups in total. The number of hydrogen-bond donors (Lipinski definition) is 2. The monoisotopic (exact) mass is 343 g/mol. The van der Waals surface area contributed by atoms with E-state index in [9.17, 15) is 4.79 Å². The highest BCUT2D eigenvalue weighted by Crippen LogP contribution is 2.21. The summed E-state index contributed by atoms with van der Waals surface area (Å²) in [5, 5.41) is 17.1. The maximum atomic E-state index is 11.9. The molecule has 1 heterocycles. The van der Waals surface area contributed by atoms with E-state index in [0.717, 1.165) is 11.1 Å². The van der Waals surface area contributed by atoms with E-state index >= 15 is 0 Å². The van der Waals surface area contributed by atoms with E-state index < -0.39 is 0 Å². The molecule has 24 heavy (non-hydrogen) atoms. The first-order valence-corrected chi connectivity index (χ1v) is 7.52. The first-order valence-electron chi connectivity index (χ1n) is 7.14. The number of halogens is 1. The van der Waals surface area contributed by atoms with Crippen molar-refractivity contribution >= 4 is 23.2 Å². The first kappa shape index (κ1) is 15.9. The third-order valence-electron chi connectivity index (χ3n) is 3.27. The van der Waals surface area contributed by atoms with Crippen molar-refractivity contribution in [2.75, 3.05) is 11.9 Å². The first-order chi connectivity index (χ1) is 11.6. The second-order valence-corrected chi connectivity index (χ2v) is 5.47. The van der Waals surface area contributed by atoms with Crippen LogP contribution >= 0.6 is 11.6 Å². The van der Waals surface area contributed by atoms with Crippen molar-refractivity contribution in [1.82, 2.24) is 20.6 Å². The fraction of sp³-hybridized carbons (Fsp3) is 0.125. The molecule has 122 valence electrons. The minimum absolute atomic E-state index is 0.0896. The number of H-pyrrole nitrogens is 1. The zero-order valence-corrected chi connectivity index (χ0v) is 13.5. The van der Waals surface area contributed by atoms with Gasteiger partial charge in [-0.25, -0.2) is 0 Å². The molecule has 0 bridgehead atoms. The van der Waals surface area contributed by atoms with Gasteiger partial charge in [-0.15, -0.1) is 10.2 Å². The second kappa shape index (κ2) is 7.10. The van der Waals surface area contributed by atoms with E-state index in [2.05, 4.69) is 25.9 Å². The maximum absolute atomic E-state index is 11.9. The Morgan fingerprint density at radius 2 is 2.04 bits per heavy atom. The Morgan fingerprint density at radius 1 is 1.25 bits per heavy atom. The molecule has 8 heteroatoms. The van der Waals surface area contributed by atoms with Crippen molar-refractivity contribution in [1.29, 1.82) is 0 Å². The number of aryl methyl sites for hydroxylation is 1. The lowest BCUT2D eigenvalue weighted by Gasteiger charge is -2.09. The summed E-state index contributed by atoms with van der Waals surface area (Å²) in [6, 6.07) is 12.4. The Balaban J connectivity index is 1.55. The van der Waals surface area contributed by atoms with Gasteiger partial charge >= 0.3 is 0 Å². The Hall–Kier alpha value is -2.93. The van der Waals surface area contributed by atoms with E-state index in [1.165, 1.54) is 0 Å². The Bertz CT molecular complexity index is 834. The molecular formula is C16H14ClN5O2. The number of carbonyl (C=O) groups excluding carboxylic acids is 1. The van der Waals surface area contributed by atoms with E-state index in [0.29, 0.717) is 22.3 Å². The molecule has 0 saturated heterocycles. The van der Waals surface area contributed by atoms with Gasteiger partial charge in [0.25, 0.3) is 5.91 Å². The lowest BCUT2D eigenvalue weighted by Crippen LogP contribution is -2.20. The Labute approximate surface area is 143 Å². The van der Waals surface area contributed by atoms with Crippen LogP contribution in [0.15, 0.2) is 42.5 Å². The van der Waals surface area contributed by atoms with Crippen LogP contribution < -0.4 is 10.1 Å². The van der Waals surface area contributed by atoms with Crippen molar-refractivity contribution in [2.45, 2.75) is 6.92 Å². The molecule has 0 saturated carbocycles. The summed E-state index contributed by atoms with van der Waals surface area (Å²) < 4.78 is 5.46. The van der Waals surface area contributed by atoms with Crippen LogP contribution in [0.1, 0.15) is 5.56 Å². The molecule has 3 aromatic rings. The van der Waals surface area contributed by atoms with Gasteiger partial charge in [0.1, 0.15) is 5.75 Å². The molecule has 1 amide bonds. The number of carbonyl (C=O) groups is 1. The van der Waals surface area contributed by atoms with Crippen LogP contribution in [-0.4, -0.2) is 33.1 Å². The standard InChI is InChI=1S/C16H14ClN5O2/c1-10-8-13(6-7-14(10)17)24-9-15(23)18-12-4-2-11(3-5-12)16-19-21-22-20-16/h2-8H,9H2,1H3,(H,18,23)(H,19,20,21,22). The number of rotatable bonds is 5. The number of nitrogens with zero attached hydrogens (tertiary/aromatic N) is 3. The quantitative estimate of drug-likeness (QED) is 0.743. The Morgan fingerprint density at radius 3 is 2.71 bits per heavy atom. The summed E-state index contributed by atoms with van der Waals surface area (Å²) >= 11 is 5.95. The lowest BCUT2D eigenvalue weighted by molar-refractivity contribution is -0.118. The van der Waals surface area contributed by atoms with Crippen molar-refractivity contribution in [3.63, 3.8) is 0 Å². The third-order valence-corrected chi connectivity index (χ3v) is 3.70. The molecule has 0 unspecified atom stereocenters. The van der Waals surface area contributed by atoms with Crippen molar-refractivity contribution in [3.8, 4) is 17.1 Å². The highest BCUT2D eigenvalue weighted by Gasteiger charge is 2.06. The largest absolute Gasteiger partial charge is 0.484 e. The number of amides is 1. The molecule has 0 fully saturated rings. The molecule has 1 aromatic heterocycles. The number of tetrazole rings is 1. The van der Waals surface area contributed by atoms with Crippen LogP contribution in [-0.2, 0) is 4.79 Å². The van der Waals surface area contributed by atoms with Gasteiger partial charge < -0.3 is 10.1 Å². The predicted molar refractivity (Wildman–Crippen MR) is 89.9 cm³/mol. The summed E-state index contributed by atoms with van der Waals surface area (Å²) in [5.74, 6) is 0.837. The minimum Gasteiger partial charge on any atom is -0.484 e. The number of nitrogens with one attached hydrogen (secondary N) is 2. The fourth-order valence-electron chi connectivity index (χ4n) is 2.04. The Kier molecular flexibility index (Phi) is 4.72. The molecule has 0 aliphatic heterocycles. The molecule has 0 aliphatic rings. The average Bonchev–Trinajstić information content (AvgIpc) is 3.11. The van der Waals surface area contributed by atoms with E-state index in [1.807, 2.05) is 6.92 Å². The summed E-state index contributed by atoms with van der Waals surface area (Å²) in [7, 11) is 0. The van der Waals surface area contributed by atoms with Crippen molar-refractivity contribution < 1.29 is 9.53 Å². The number of hydrogen-bond acceptors (Lipinski definition) is 5. The molecule has 0 atom stereocenters. The van der Waals surface area contributed by atoms with Crippen LogP contribution in [0.5, 0.6) is 5.75 Å². The van der Waals surface area contributed by atoms with Crippen LogP contribution in [0.3, 0.4) is 0 Å². The normalized spacial score (nSPS) is 10.4. The number of anilines is 1. The third kappa shape index (κ3) is 3.88.